The van der Waals surface area contributed by atoms with Gasteiger partial charge < -0.3 is 19.4 Å². The van der Waals surface area contributed by atoms with Crippen LogP contribution < -0.4 is 0 Å². The maximum Gasteiger partial charge on any atom is 0.133 e. The Morgan fingerprint density at radius 3 is 2.43 bits per heavy atom. The molecule has 3 heterocycles. The molecule has 0 radical (unpaired) electrons. The van der Waals surface area contributed by atoms with Crippen molar-refractivity contribution in [3.8, 4) is 0 Å². The molecular weight excluding hydrogens is 294 g/mol. The Balaban J connectivity index is 1.35. The Bertz CT molecular complexity index is 507. The molecule has 3 aliphatic rings. The quantitative estimate of drug-likeness (QED) is 0.892. The molecule has 5 nitrogen and oxygen atoms in total. The molecule has 1 aromatic heterocycles. The minimum absolute atomic E-state index is 0.129. The Labute approximate surface area is 137 Å². The van der Waals surface area contributed by atoms with E-state index in [4.69, 9.17) is 9.15 Å². The van der Waals surface area contributed by atoms with Gasteiger partial charge in [-0.2, -0.15) is 0 Å². The third kappa shape index (κ3) is 3.33. The molecule has 23 heavy (non-hydrogen) atoms. The van der Waals surface area contributed by atoms with Gasteiger partial charge in [0.2, 0.25) is 0 Å². The molecule has 0 aromatic carbocycles. The zero-order chi connectivity index (χ0) is 15.8. The van der Waals surface area contributed by atoms with Gasteiger partial charge in [-0.05, 0) is 56.1 Å². The highest BCUT2D eigenvalue weighted by Gasteiger charge is 2.41. The molecule has 0 unspecified atom stereocenters. The molecule has 3 fully saturated rings. The first-order valence-electron chi connectivity index (χ1n) is 8.98. The summed E-state index contributed by atoms with van der Waals surface area (Å²) < 4.78 is 11.8. The van der Waals surface area contributed by atoms with Gasteiger partial charge in [0, 0.05) is 19.7 Å². The molecule has 5 atom stereocenters. The van der Waals surface area contributed by atoms with E-state index in [9.17, 15) is 10.2 Å². The number of hydrogen-bond donors (Lipinski definition) is 2. The molecule has 0 spiro atoms. The van der Waals surface area contributed by atoms with Gasteiger partial charge in [0.1, 0.15) is 17.6 Å². The maximum atomic E-state index is 9.85. The Hall–Kier alpha value is -0.880. The van der Waals surface area contributed by atoms with Crippen LogP contribution in [-0.2, 0) is 11.3 Å². The highest BCUT2D eigenvalue weighted by atomic mass is 16.5. The van der Waals surface area contributed by atoms with E-state index in [0.29, 0.717) is 11.8 Å². The topological polar surface area (TPSA) is 66.1 Å². The normalized spacial score (nSPS) is 38.6. The van der Waals surface area contributed by atoms with E-state index in [-0.39, 0.29) is 6.10 Å². The SMILES string of the molecule is O[C@H]1C[C@@H]2CN(Cc3ccc([C@H]4CCCCO4)o3)C[C@@H]2C[C@@H]1O. The van der Waals surface area contributed by atoms with E-state index in [1.54, 1.807) is 0 Å². The number of rotatable bonds is 3. The lowest BCUT2D eigenvalue weighted by atomic mass is 9.79. The largest absolute Gasteiger partial charge is 0.462 e. The monoisotopic (exact) mass is 321 g/mol. The average Bonchev–Trinajstić information content (AvgIpc) is 3.16. The smallest absolute Gasteiger partial charge is 0.133 e. The molecule has 2 saturated heterocycles. The second kappa shape index (κ2) is 6.55. The first-order chi connectivity index (χ1) is 11.2. The predicted octanol–water partition coefficient (Wildman–Crippen LogP) is 2.08. The number of nitrogens with zero attached hydrogens (tertiary/aromatic N) is 1. The van der Waals surface area contributed by atoms with Crippen LogP contribution in [0, 0.1) is 11.8 Å². The van der Waals surface area contributed by atoms with Crippen LogP contribution in [0.4, 0.5) is 0 Å². The van der Waals surface area contributed by atoms with Crippen LogP contribution in [0.15, 0.2) is 16.5 Å². The zero-order valence-corrected chi connectivity index (χ0v) is 13.6. The third-order valence-corrected chi connectivity index (χ3v) is 5.74. The molecule has 1 aliphatic carbocycles. The van der Waals surface area contributed by atoms with E-state index >= 15 is 0 Å². The number of aliphatic hydroxyl groups excluding tert-OH is 2. The fourth-order valence-corrected chi connectivity index (χ4v) is 4.47. The van der Waals surface area contributed by atoms with Crippen LogP contribution in [0.25, 0.3) is 0 Å². The van der Waals surface area contributed by atoms with Crippen LogP contribution >= 0.6 is 0 Å². The fourth-order valence-electron chi connectivity index (χ4n) is 4.47. The van der Waals surface area contributed by atoms with Gasteiger partial charge in [-0.3, -0.25) is 4.90 Å². The van der Waals surface area contributed by atoms with E-state index in [2.05, 4.69) is 17.0 Å². The molecular formula is C18H27NO4. The second-order valence-electron chi connectivity index (χ2n) is 7.48. The van der Waals surface area contributed by atoms with Gasteiger partial charge in [0.05, 0.1) is 18.8 Å². The lowest BCUT2D eigenvalue weighted by molar-refractivity contribution is -0.0372. The summed E-state index contributed by atoms with van der Waals surface area (Å²) in [6.07, 6.45) is 3.90. The Morgan fingerprint density at radius 2 is 1.78 bits per heavy atom. The highest BCUT2D eigenvalue weighted by molar-refractivity contribution is 5.10. The minimum atomic E-state index is -0.546. The zero-order valence-electron chi connectivity index (χ0n) is 13.6. The first kappa shape index (κ1) is 15.6. The van der Waals surface area contributed by atoms with Crippen LogP contribution in [0.5, 0.6) is 0 Å². The fraction of sp³-hybridized carbons (Fsp3) is 0.778. The number of aliphatic hydroxyl groups is 2. The van der Waals surface area contributed by atoms with Crippen molar-refractivity contribution in [1.82, 2.24) is 4.90 Å². The maximum absolute atomic E-state index is 9.85. The summed E-state index contributed by atoms with van der Waals surface area (Å²) in [6, 6.07) is 4.13. The average molecular weight is 321 g/mol. The summed E-state index contributed by atoms with van der Waals surface area (Å²) in [5.74, 6) is 2.96. The number of fused-ring (bicyclic) bond motifs is 1. The van der Waals surface area contributed by atoms with Crippen molar-refractivity contribution in [2.45, 2.75) is 57.0 Å². The predicted molar refractivity (Wildman–Crippen MR) is 84.8 cm³/mol. The van der Waals surface area contributed by atoms with Crippen molar-refractivity contribution in [2.24, 2.45) is 11.8 Å². The molecule has 128 valence electrons. The van der Waals surface area contributed by atoms with Gasteiger partial charge in [0.15, 0.2) is 0 Å². The summed E-state index contributed by atoms with van der Waals surface area (Å²) in [6.45, 7) is 3.63. The Morgan fingerprint density at radius 1 is 1.04 bits per heavy atom. The van der Waals surface area contributed by atoms with Crippen LogP contribution in [0.3, 0.4) is 0 Å². The van der Waals surface area contributed by atoms with Gasteiger partial charge in [-0.15, -0.1) is 0 Å². The van der Waals surface area contributed by atoms with Gasteiger partial charge in [-0.25, -0.2) is 0 Å². The molecule has 0 amide bonds. The molecule has 5 heteroatoms. The second-order valence-corrected chi connectivity index (χ2v) is 7.48. The summed E-state index contributed by atoms with van der Waals surface area (Å²) >= 11 is 0. The van der Waals surface area contributed by atoms with Crippen LogP contribution in [0.2, 0.25) is 0 Å². The summed E-state index contributed by atoms with van der Waals surface area (Å²) in [4.78, 5) is 2.39. The van der Waals surface area contributed by atoms with Crippen LogP contribution in [0.1, 0.15) is 49.7 Å². The summed E-state index contributed by atoms with van der Waals surface area (Å²) in [5, 5.41) is 19.7. The third-order valence-electron chi connectivity index (χ3n) is 5.74. The molecule has 0 bridgehead atoms. The molecule has 2 aliphatic heterocycles. The lowest BCUT2D eigenvalue weighted by Crippen LogP contribution is -2.38. The van der Waals surface area contributed by atoms with E-state index in [1.165, 1.54) is 6.42 Å². The standard InChI is InChI=1S/C18H27NO4/c20-15-7-12-9-19(10-13(12)8-16(15)21)11-14-4-5-18(23-14)17-3-1-2-6-22-17/h4-5,12-13,15-17,20-21H,1-3,6-11H2/t12-,13+,15-,16-,17+/m0/s1. The highest BCUT2D eigenvalue weighted by Crippen LogP contribution is 2.37. The van der Waals surface area contributed by atoms with Gasteiger partial charge in [0.25, 0.3) is 0 Å². The number of hydrogen-bond acceptors (Lipinski definition) is 5. The molecule has 4 rings (SSSR count). The van der Waals surface area contributed by atoms with Crippen molar-refractivity contribution in [1.29, 1.82) is 0 Å². The first-order valence-corrected chi connectivity index (χ1v) is 8.98. The van der Waals surface area contributed by atoms with E-state index in [1.807, 2.05) is 0 Å². The minimum Gasteiger partial charge on any atom is -0.462 e. The van der Waals surface area contributed by atoms with Crippen molar-refractivity contribution in [3.05, 3.63) is 23.7 Å². The van der Waals surface area contributed by atoms with E-state index < -0.39 is 12.2 Å². The molecule has 1 saturated carbocycles. The number of furan rings is 1. The number of ether oxygens (including phenoxy) is 1. The summed E-state index contributed by atoms with van der Waals surface area (Å²) in [7, 11) is 0. The van der Waals surface area contributed by atoms with Crippen LogP contribution in [-0.4, -0.2) is 47.0 Å². The molecule has 1 aromatic rings. The Kier molecular flexibility index (Phi) is 4.46. The van der Waals surface area contributed by atoms with Crippen molar-refractivity contribution in [3.63, 3.8) is 0 Å². The van der Waals surface area contributed by atoms with Gasteiger partial charge in [-0.1, -0.05) is 0 Å². The lowest BCUT2D eigenvalue weighted by Gasteiger charge is -2.32. The van der Waals surface area contributed by atoms with E-state index in [0.717, 1.165) is 63.4 Å². The van der Waals surface area contributed by atoms with Crippen molar-refractivity contribution < 1.29 is 19.4 Å². The summed E-state index contributed by atoms with van der Waals surface area (Å²) in [5.41, 5.74) is 0. The van der Waals surface area contributed by atoms with Gasteiger partial charge >= 0.3 is 0 Å². The van der Waals surface area contributed by atoms with Crippen molar-refractivity contribution in [2.75, 3.05) is 19.7 Å². The van der Waals surface area contributed by atoms with Crippen molar-refractivity contribution >= 4 is 0 Å². The molecule has 2 N–H and O–H groups in total. The number of likely N-dealkylation sites (tertiary alicyclic amines) is 1.